The Kier molecular flexibility index (Phi) is 5.34. The van der Waals surface area contributed by atoms with E-state index >= 15 is 0 Å². The lowest BCUT2D eigenvalue weighted by Crippen LogP contribution is -2.39. The summed E-state index contributed by atoms with van der Waals surface area (Å²) in [6, 6.07) is 0. The number of rotatable bonds is 8. The largest absolute Gasteiger partial charge is 0.440 e. The lowest BCUT2D eigenvalue weighted by molar-refractivity contribution is 0.302. The molecule has 100 valence electrons. The average Bonchev–Trinajstić information content (AvgIpc) is 1.96. The van der Waals surface area contributed by atoms with Gasteiger partial charge in [0.25, 0.3) is 0 Å². The van der Waals surface area contributed by atoms with Crippen LogP contribution in [0.15, 0.2) is 25.7 Å². The molecule has 0 saturated heterocycles. The predicted octanol–water partition coefficient (Wildman–Crippen LogP) is 0.531. The Morgan fingerprint density at radius 1 is 0.882 bits per heavy atom. The van der Waals surface area contributed by atoms with Crippen LogP contribution in [0, 0.1) is 0 Å². The van der Waals surface area contributed by atoms with E-state index in [0.717, 1.165) is 0 Å². The van der Waals surface area contributed by atoms with Crippen LogP contribution in [-0.2, 0) is 36.9 Å². The summed E-state index contributed by atoms with van der Waals surface area (Å²) >= 11 is 0. The fourth-order valence-electron chi connectivity index (χ4n) is 0.711. The van der Waals surface area contributed by atoms with Crippen molar-refractivity contribution in [3.63, 3.8) is 0 Å². The zero-order valence-corrected chi connectivity index (χ0v) is 11.8. The van der Waals surface area contributed by atoms with Crippen molar-refractivity contribution in [3.05, 3.63) is 25.7 Å². The molecule has 0 bridgehead atoms. The molecular formula is C6H12O8S2Si. The first kappa shape index (κ1) is 16.1. The summed E-state index contributed by atoms with van der Waals surface area (Å²) in [5.74, 6) is 0. The summed E-state index contributed by atoms with van der Waals surface area (Å²) in [6.07, 6.45) is 1.24. The van der Waals surface area contributed by atoms with Crippen LogP contribution in [0.25, 0.3) is 0 Å². The third kappa shape index (κ3) is 7.12. The molecule has 11 heteroatoms. The highest BCUT2D eigenvalue weighted by Gasteiger charge is 2.38. The highest BCUT2D eigenvalue weighted by molar-refractivity contribution is 7.84. The molecule has 0 aromatic carbocycles. The van der Waals surface area contributed by atoms with Gasteiger partial charge in [0.05, 0.1) is 0 Å². The monoisotopic (exact) mass is 304 g/mol. The van der Waals surface area contributed by atoms with Crippen LogP contribution in [0.2, 0.25) is 13.1 Å². The van der Waals surface area contributed by atoms with Crippen LogP contribution in [0.1, 0.15) is 0 Å². The molecule has 0 spiro atoms. The Morgan fingerprint density at radius 2 is 1.18 bits per heavy atom. The molecule has 0 atom stereocenters. The summed E-state index contributed by atoms with van der Waals surface area (Å²) < 4.78 is 61.3. The molecular weight excluding hydrogens is 292 g/mol. The standard InChI is InChI=1S/C6H12O8S2Si/c1-5-11-15(7,8)13-17(3,4)14-16(9,10)12-6-2/h5-6H,1-2H2,3-4H3. The molecule has 0 aromatic heterocycles. The zero-order valence-electron chi connectivity index (χ0n) is 9.15. The Hall–Kier alpha value is -0.883. The van der Waals surface area contributed by atoms with Gasteiger partial charge in [-0.05, 0) is 13.1 Å². The molecule has 0 heterocycles. The molecule has 0 aliphatic carbocycles. The predicted molar refractivity (Wildman–Crippen MR) is 60.1 cm³/mol. The molecule has 0 radical (unpaired) electrons. The normalized spacial score (nSPS) is 12.8. The van der Waals surface area contributed by atoms with Crippen LogP contribution >= 0.6 is 0 Å². The van der Waals surface area contributed by atoms with E-state index in [-0.39, 0.29) is 0 Å². The summed E-state index contributed by atoms with van der Waals surface area (Å²) in [5, 5.41) is 0. The quantitative estimate of drug-likeness (QED) is 0.472. The second-order valence-electron chi connectivity index (χ2n) is 2.91. The first-order chi connectivity index (χ1) is 7.54. The molecule has 0 amide bonds. The molecule has 0 unspecified atom stereocenters. The van der Waals surface area contributed by atoms with E-state index in [1.165, 1.54) is 13.1 Å². The highest BCUT2D eigenvalue weighted by atomic mass is 32.3. The molecule has 0 aliphatic rings. The van der Waals surface area contributed by atoms with Crippen molar-refractivity contribution in [1.29, 1.82) is 0 Å². The van der Waals surface area contributed by atoms with Crippen LogP contribution < -0.4 is 0 Å². The van der Waals surface area contributed by atoms with E-state index in [1.54, 1.807) is 0 Å². The van der Waals surface area contributed by atoms with Crippen LogP contribution in [-0.4, -0.2) is 25.4 Å². The van der Waals surface area contributed by atoms with E-state index < -0.39 is 29.4 Å². The third-order valence-electron chi connectivity index (χ3n) is 0.977. The van der Waals surface area contributed by atoms with Crippen LogP contribution in [0.4, 0.5) is 0 Å². The molecule has 8 nitrogen and oxygen atoms in total. The minimum atomic E-state index is -4.40. The summed E-state index contributed by atoms with van der Waals surface area (Å²) in [4.78, 5) is 0. The van der Waals surface area contributed by atoms with Gasteiger partial charge in [-0.15, -0.1) is 0 Å². The van der Waals surface area contributed by atoms with Gasteiger partial charge in [0.2, 0.25) is 0 Å². The Morgan fingerprint density at radius 3 is 1.41 bits per heavy atom. The summed E-state index contributed by atoms with van der Waals surface area (Å²) in [6.45, 7) is 8.37. The minimum Gasteiger partial charge on any atom is -0.371 e. The molecule has 0 saturated carbocycles. The van der Waals surface area contributed by atoms with Crippen molar-refractivity contribution < 1.29 is 32.9 Å². The van der Waals surface area contributed by atoms with Crippen molar-refractivity contribution in [1.82, 2.24) is 0 Å². The second-order valence-corrected chi connectivity index (χ2v) is 9.06. The topological polar surface area (TPSA) is 105 Å². The first-order valence-corrected chi connectivity index (χ1v) is 9.51. The van der Waals surface area contributed by atoms with Gasteiger partial charge in [-0.25, -0.2) is 0 Å². The molecule has 0 fully saturated rings. The van der Waals surface area contributed by atoms with Gasteiger partial charge < -0.3 is 8.37 Å². The second kappa shape index (κ2) is 5.64. The van der Waals surface area contributed by atoms with Gasteiger partial charge in [0.1, 0.15) is 12.5 Å². The molecule has 17 heavy (non-hydrogen) atoms. The lowest BCUT2D eigenvalue weighted by atomic mass is 11.2. The van der Waals surface area contributed by atoms with E-state index in [9.17, 15) is 16.8 Å². The van der Waals surface area contributed by atoms with Crippen molar-refractivity contribution in [3.8, 4) is 0 Å². The van der Waals surface area contributed by atoms with Crippen LogP contribution in [0.5, 0.6) is 0 Å². The van der Waals surface area contributed by atoms with E-state index in [4.69, 9.17) is 0 Å². The van der Waals surface area contributed by atoms with Gasteiger partial charge in [-0.3, -0.25) is 7.74 Å². The van der Waals surface area contributed by atoms with Crippen molar-refractivity contribution >= 4 is 29.4 Å². The van der Waals surface area contributed by atoms with E-state index in [2.05, 4.69) is 29.3 Å². The highest BCUT2D eigenvalue weighted by Crippen LogP contribution is 2.16. The van der Waals surface area contributed by atoms with Crippen molar-refractivity contribution in [2.24, 2.45) is 0 Å². The minimum absolute atomic E-state index is 0.620. The van der Waals surface area contributed by atoms with Crippen molar-refractivity contribution in [2.75, 3.05) is 0 Å². The maximum Gasteiger partial charge on any atom is 0.440 e. The maximum absolute atomic E-state index is 11.1. The molecule has 0 rings (SSSR count). The number of hydrogen-bond acceptors (Lipinski definition) is 8. The van der Waals surface area contributed by atoms with Gasteiger partial charge in [0.15, 0.2) is 0 Å². The van der Waals surface area contributed by atoms with E-state index in [0.29, 0.717) is 12.5 Å². The van der Waals surface area contributed by atoms with E-state index in [1.807, 2.05) is 0 Å². The molecule has 0 N–H and O–H groups in total. The van der Waals surface area contributed by atoms with Gasteiger partial charge in [0, 0.05) is 0 Å². The summed E-state index contributed by atoms with van der Waals surface area (Å²) in [7, 11) is -12.4. The Bertz CT molecular complexity index is 432. The zero-order chi connectivity index (χ0) is 13.7. The third-order valence-corrected chi connectivity index (χ3v) is 6.56. The van der Waals surface area contributed by atoms with Gasteiger partial charge >= 0.3 is 29.4 Å². The fourth-order valence-corrected chi connectivity index (χ4v) is 5.65. The SMILES string of the molecule is C=COS(=O)(=O)O[Si](C)(C)OS(=O)(=O)OC=C. The fraction of sp³-hybridized carbons (Fsp3) is 0.333. The van der Waals surface area contributed by atoms with Crippen molar-refractivity contribution in [2.45, 2.75) is 13.1 Å². The first-order valence-electron chi connectivity index (χ1n) is 4.03. The van der Waals surface area contributed by atoms with Gasteiger partial charge in [-0.1, -0.05) is 13.2 Å². The Balaban J connectivity index is 4.82. The Labute approximate surface area is 101 Å². The molecule has 0 aromatic rings. The van der Waals surface area contributed by atoms with Crippen LogP contribution in [0.3, 0.4) is 0 Å². The molecule has 0 aliphatic heterocycles. The van der Waals surface area contributed by atoms with Gasteiger partial charge in [-0.2, -0.15) is 16.8 Å². The number of hydrogen-bond donors (Lipinski definition) is 0. The average molecular weight is 304 g/mol. The summed E-state index contributed by atoms with van der Waals surface area (Å²) in [5.41, 5.74) is 0. The maximum atomic E-state index is 11.1. The lowest BCUT2D eigenvalue weighted by Gasteiger charge is -2.19. The smallest absolute Gasteiger partial charge is 0.371 e.